The van der Waals surface area contributed by atoms with E-state index < -0.39 is 10.5 Å². The average molecular weight is 343 g/mol. The number of hydrogen-bond donors (Lipinski definition) is 1. The molecule has 1 amide bonds. The Morgan fingerprint density at radius 1 is 1.20 bits per heavy atom. The number of benzene rings is 1. The number of amides is 1. The van der Waals surface area contributed by atoms with Gasteiger partial charge in [-0.2, -0.15) is 0 Å². The number of rotatable bonds is 7. The molecule has 1 heterocycles. The zero-order valence-electron chi connectivity index (χ0n) is 14.3. The molecule has 1 N–H and O–H groups in total. The van der Waals surface area contributed by atoms with Crippen molar-refractivity contribution in [2.75, 3.05) is 6.54 Å². The lowest BCUT2D eigenvalue weighted by molar-refractivity contribution is -0.385. The van der Waals surface area contributed by atoms with Gasteiger partial charge in [0.2, 0.25) is 5.91 Å². The highest BCUT2D eigenvalue weighted by molar-refractivity contribution is 5.75. The number of pyridine rings is 1. The molecule has 0 aliphatic carbocycles. The SMILES string of the molecule is CC(C)c1ccc(CCNC(=O)Cn2cc([N+](=O)[O-])ccc2=O)cc1. The molecule has 0 bridgehead atoms. The molecule has 1 aromatic heterocycles. The highest BCUT2D eigenvalue weighted by Gasteiger charge is 2.10. The molecular formula is C18H21N3O4. The van der Waals surface area contributed by atoms with Crippen molar-refractivity contribution in [2.24, 2.45) is 0 Å². The maximum Gasteiger partial charge on any atom is 0.285 e. The van der Waals surface area contributed by atoms with E-state index in [0.717, 1.165) is 28.5 Å². The molecule has 0 radical (unpaired) electrons. The number of aromatic nitrogens is 1. The molecule has 0 spiro atoms. The van der Waals surface area contributed by atoms with E-state index in [9.17, 15) is 19.7 Å². The van der Waals surface area contributed by atoms with Crippen molar-refractivity contribution in [3.8, 4) is 0 Å². The monoisotopic (exact) mass is 343 g/mol. The van der Waals surface area contributed by atoms with Gasteiger partial charge in [-0.05, 0) is 23.5 Å². The van der Waals surface area contributed by atoms with E-state index in [4.69, 9.17) is 0 Å². The number of carbonyl (C=O) groups is 1. The Hall–Kier alpha value is -2.96. The Morgan fingerprint density at radius 2 is 1.88 bits per heavy atom. The van der Waals surface area contributed by atoms with Crippen LogP contribution in [0.1, 0.15) is 30.9 Å². The number of nitrogens with zero attached hydrogens (tertiary/aromatic N) is 2. The second-order valence-corrected chi connectivity index (χ2v) is 6.11. The first-order chi connectivity index (χ1) is 11.9. The van der Waals surface area contributed by atoms with E-state index in [1.807, 2.05) is 12.1 Å². The molecule has 7 heteroatoms. The minimum atomic E-state index is -0.603. The zero-order chi connectivity index (χ0) is 18.4. The maximum atomic E-state index is 11.9. The highest BCUT2D eigenvalue weighted by Crippen LogP contribution is 2.14. The average Bonchev–Trinajstić information content (AvgIpc) is 2.57. The third kappa shape index (κ3) is 5.27. The quantitative estimate of drug-likeness (QED) is 0.616. The van der Waals surface area contributed by atoms with Crippen molar-refractivity contribution < 1.29 is 9.72 Å². The fourth-order valence-corrected chi connectivity index (χ4v) is 2.38. The Kier molecular flexibility index (Phi) is 6.05. The van der Waals surface area contributed by atoms with Crippen LogP contribution >= 0.6 is 0 Å². The third-order valence-electron chi connectivity index (χ3n) is 3.87. The van der Waals surface area contributed by atoms with Gasteiger partial charge in [0.25, 0.3) is 11.2 Å². The van der Waals surface area contributed by atoms with Gasteiger partial charge in [0.1, 0.15) is 6.54 Å². The lowest BCUT2D eigenvalue weighted by Gasteiger charge is -2.09. The van der Waals surface area contributed by atoms with Gasteiger partial charge in [-0.3, -0.25) is 24.3 Å². The predicted octanol–water partition coefficient (Wildman–Crippen LogP) is 2.24. The van der Waals surface area contributed by atoms with Crippen molar-refractivity contribution in [3.63, 3.8) is 0 Å². The first-order valence-electron chi connectivity index (χ1n) is 8.07. The molecule has 0 saturated carbocycles. The van der Waals surface area contributed by atoms with E-state index in [0.29, 0.717) is 18.9 Å². The maximum absolute atomic E-state index is 11.9. The summed E-state index contributed by atoms with van der Waals surface area (Å²) >= 11 is 0. The number of hydrogen-bond acceptors (Lipinski definition) is 4. The molecule has 0 atom stereocenters. The lowest BCUT2D eigenvalue weighted by Crippen LogP contribution is -2.33. The van der Waals surface area contributed by atoms with Crippen molar-refractivity contribution in [1.82, 2.24) is 9.88 Å². The fourth-order valence-electron chi connectivity index (χ4n) is 2.38. The van der Waals surface area contributed by atoms with Gasteiger partial charge in [0, 0.05) is 18.7 Å². The van der Waals surface area contributed by atoms with Crippen LogP contribution in [-0.4, -0.2) is 21.9 Å². The Labute approximate surface area is 145 Å². The molecule has 0 aliphatic rings. The number of carbonyl (C=O) groups excluding carboxylic acids is 1. The molecule has 0 saturated heterocycles. The molecule has 2 aromatic rings. The molecule has 0 aliphatic heterocycles. The van der Waals surface area contributed by atoms with Crippen molar-refractivity contribution in [2.45, 2.75) is 32.7 Å². The first-order valence-corrected chi connectivity index (χ1v) is 8.07. The minimum absolute atomic E-state index is 0.224. The number of nitro groups is 1. The third-order valence-corrected chi connectivity index (χ3v) is 3.87. The minimum Gasteiger partial charge on any atom is -0.354 e. The van der Waals surface area contributed by atoms with Crippen LogP contribution in [-0.2, 0) is 17.8 Å². The van der Waals surface area contributed by atoms with E-state index >= 15 is 0 Å². The van der Waals surface area contributed by atoms with Crippen LogP contribution in [0.15, 0.2) is 47.4 Å². The van der Waals surface area contributed by atoms with Crippen molar-refractivity contribution in [1.29, 1.82) is 0 Å². The standard InChI is InChI=1S/C18H21N3O4/c1-13(2)15-5-3-14(4-6-15)9-10-19-17(22)12-20-11-16(21(24)25)7-8-18(20)23/h3-8,11,13H,9-10,12H2,1-2H3,(H,19,22). The summed E-state index contributed by atoms with van der Waals surface area (Å²) in [4.78, 5) is 33.7. The molecule has 2 rings (SSSR count). The summed E-state index contributed by atoms with van der Waals surface area (Å²) in [6.45, 7) is 4.45. The second-order valence-electron chi connectivity index (χ2n) is 6.11. The summed E-state index contributed by atoms with van der Waals surface area (Å²) < 4.78 is 1.03. The fraction of sp³-hybridized carbons (Fsp3) is 0.333. The Balaban J connectivity index is 1.88. The van der Waals surface area contributed by atoms with Crippen LogP contribution < -0.4 is 10.9 Å². The second kappa shape index (κ2) is 8.23. The largest absolute Gasteiger partial charge is 0.354 e. The summed E-state index contributed by atoms with van der Waals surface area (Å²) in [7, 11) is 0. The van der Waals surface area contributed by atoms with Gasteiger partial charge in [-0.15, -0.1) is 0 Å². The van der Waals surface area contributed by atoms with Gasteiger partial charge in [-0.1, -0.05) is 38.1 Å². The van der Waals surface area contributed by atoms with Crippen LogP contribution in [0.2, 0.25) is 0 Å². The van der Waals surface area contributed by atoms with Gasteiger partial charge >= 0.3 is 0 Å². The molecule has 7 nitrogen and oxygen atoms in total. The normalized spacial score (nSPS) is 10.7. The van der Waals surface area contributed by atoms with Crippen LogP contribution in [0.4, 0.5) is 5.69 Å². The summed E-state index contributed by atoms with van der Waals surface area (Å²) in [5.74, 6) is 0.114. The zero-order valence-corrected chi connectivity index (χ0v) is 14.3. The number of nitrogens with one attached hydrogen (secondary N) is 1. The summed E-state index contributed by atoms with van der Waals surface area (Å²) in [6.07, 6.45) is 1.75. The van der Waals surface area contributed by atoms with Crippen LogP contribution in [0.3, 0.4) is 0 Å². The summed E-state index contributed by atoms with van der Waals surface area (Å²) in [5.41, 5.74) is 1.69. The summed E-state index contributed by atoms with van der Waals surface area (Å²) in [6, 6.07) is 10.4. The molecular weight excluding hydrogens is 322 g/mol. The lowest BCUT2D eigenvalue weighted by atomic mass is 10.0. The Morgan fingerprint density at radius 3 is 2.48 bits per heavy atom. The molecule has 132 valence electrons. The van der Waals surface area contributed by atoms with Crippen molar-refractivity contribution in [3.05, 3.63) is 74.2 Å². The van der Waals surface area contributed by atoms with E-state index in [-0.39, 0.29) is 18.1 Å². The molecule has 1 aromatic carbocycles. The van der Waals surface area contributed by atoms with Gasteiger partial charge in [-0.25, -0.2) is 0 Å². The Bertz CT molecular complexity index is 810. The van der Waals surface area contributed by atoms with Crippen LogP contribution in [0.25, 0.3) is 0 Å². The van der Waals surface area contributed by atoms with Gasteiger partial charge in [0.05, 0.1) is 11.1 Å². The van der Waals surface area contributed by atoms with E-state index in [2.05, 4.69) is 31.3 Å². The van der Waals surface area contributed by atoms with E-state index in [1.165, 1.54) is 5.56 Å². The summed E-state index contributed by atoms with van der Waals surface area (Å²) in [5, 5.41) is 13.5. The van der Waals surface area contributed by atoms with Crippen LogP contribution in [0.5, 0.6) is 0 Å². The highest BCUT2D eigenvalue weighted by atomic mass is 16.6. The van der Waals surface area contributed by atoms with E-state index in [1.54, 1.807) is 0 Å². The molecule has 0 fully saturated rings. The topological polar surface area (TPSA) is 94.2 Å². The van der Waals surface area contributed by atoms with Crippen LogP contribution in [0, 0.1) is 10.1 Å². The molecule has 0 unspecified atom stereocenters. The first kappa shape index (κ1) is 18.4. The smallest absolute Gasteiger partial charge is 0.285 e. The predicted molar refractivity (Wildman–Crippen MR) is 94.6 cm³/mol. The van der Waals surface area contributed by atoms with Gasteiger partial charge in [0.15, 0.2) is 0 Å². The molecule has 25 heavy (non-hydrogen) atoms. The van der Waals surface area contributed by atoms with Crippen molar-refractivity contribution >= 4 is 11.6 Å². The van der Waals surface area contributed by atoms with Gasteiger partial charge < -0.3 is 5.32 Å².